The molecular formula is C19H17ClN2O4S. The lowest BCUT2D eigenvalue weighted by molar-refractivity contribution is -0.113. The van der Waals surface area contributed by atoms with E-state index in [2.05, 4.69) is 4.99 Å². The highest BCUT2D eigenvalue weighted by Gasteiger charge is 2.20. The molecule has 0 atom stereocenters. The molecule has 2 aromatic carbocycles. The van der Waals surface area contributed by atoms with Crippen molar-refractivity contribution in [2.75, 3.05) is 20.3 Å². The Balaban J connectivity index is 1.67. The van der Waals surface area contributed by atoms with E-state index in [9.17, 15) is 4.79 Å². The van der Waals surface area contributed by atoms with Crippen molar-refractivity contribution in [2.24, 2.45) is 10.7 Å². The number of halogens is 1. The zero-order chi connectivity index (χ0) is 19.2. The van der Waals surface area contributed by atoms with E-state index in [-0.39, 0.29) is 11.1 Å². The highest BCUT2D eigenvalue weighted by Crippen LogP contribution is 2.38. The van der Waals surface area contributed by atoms with Crippen LogP contribution >= 0.6 is 23.4 Å². The summed E-state index contributed by atoms with van der Waals surface area (Å²) in [7, 11) is 1.52. The molecule has 3 rings (SSSR count). The summed E-state index contributed by atoms with van der Waals surface area (Å²) < 4.78 is 16.7. The smallest absolute Gasteiger partial charge is 0.286 e. The molecule has 0 aliphatic carbocycles. The second-order valence-corrected chi connectivity index (χ2v) is 6.88. The van der Waals surface area contributed by atoms with Gasteiger partial charge in [-0.15, -0.1) is 0 Å². The zero-order valence-electron chi connectivity index (χ0n) is 14.5. The summed E-state index contributed by atoms with van der Waals surface area (Å²) in [6.45, 7) is 0.654. The molecule has 0 fully saturated rings. The van der Waals surface area contributed by atoms with Crippen molar-refractivity contribution in [3.05, 3.63) is 58.0 Å². The van der Waals surface area contributed by atoms with E-state index in [0.717, 1.165) is 17.5 Å². The highest BCUT2D eigenvalue weighted by atomic mass is 35.5. The van der Waals surface area contributed by atoms with Gasteiger partial charge in [-0.2, -0.15) is 4.99 Å². The Labute approximate surface area is 166 Å². The fourth-order valence-electron chi connectivity index (χ4n) is 2.36. The van der Waals surface area contributed by atoms with Crippen molar-refractivity contribution >= 4 is 40.5 Å². The molecule has 0 saturated heterocycles. The molecule has 27 heavy (non-hydrogen) atoms. The molecule has 8 heteroatoms. The van der Waals surface area contributed by atoms with Crippen molar-refractivity contribution in [3.63, 3.8) is 0 Å². The molecule has 140 valence electrons. The number of hydrogen-bond acceptors (Lipinski definition) is 6. The van der Waals surface area contributed by atoms with Gasteiger partial charge < -0.3 is 19.9 Å². The maximum absolute atomic E-state index is 11.7. The van der Waals surface area contributed by atoms with Gasteiger partial charge in [0, 0.05) is 0 Å². The van der Waals surface area contributed by atoms with Crippen LogP contribution in [0.4, 0.5) is 0 Å². The number of thioether (sulfide) groups is 1. The second-order valence-electron chi connectivity index (χ2n) is 5.41. The maximum atomic E-state index is 11.7. The van der Waals surface area contributed by atoms with Gasteiger partial charge in [-0.1, -0.05) is 29.8 Å². The number of para-hydroxylation sites is 1. The minimum atomic E-state index is -0.369. The number of carbonyl (C=O) groups is 1. The highest BCUT2D eigenvalue weighted by molar-refractivity contribution is 8.18. The first-order valence-corrected chi connectivity index (χ1v) is 9.22. The molecule has 0 radical (unpaired) electrons. The maximum Gasteiger partial charge on any atom is 0.286 e. The number of amides is 1. The first-order valence-electron chi connectivity index (χ1n) is 8.03. The third-order valence-corrected chi connectivity index (χ3v) is 4.62. The Kier molecular flexibility index (Phi) is 6.26. The van der Waals surface area contributed by atoms with E-state index in [1.807, 2.05) is 30.3 Å². The summed E-state index contributed by atoms with van der Waals surface area (Å²) in [5, 5.41) is 0.591. The topological polar surface area (TPSA) is 83.1 Å². The monoisotopic (exact) mass is 404 g/mol. The van der Waals surface area contributed by atoms with Crippen LogP contribution in [-0.2, 0) is 4.79 Å². The largest absolute Gasteiger partial charge is 0.493 e. The summed E-state index contributed by atoms with van der Waals surface area (Å²) in [5.41, 5.74) is 6.24. The molecule has 1 aliphatic heterocycles. The van der Waals surface area contributed by atoms with Gasteiger partial charge in [0.1, 0.15) is 19.0 Å². The van der Waals surface area contributed by atoms with Gasteiger partial charge in [-0.3, -0.25) is 4.79 Å². The summed E-state index contributed by atoms with van der Waals surface area (Å²) in [6.07, 6.45) is 1.66. The fourth-order valence-corrected chi connectivity index (χ4v) is 3.32. The number of rotatable bonds is 7. The van der Waals surface area contributed by atoms with Crippen molar-refractivity contribution in [1.29, 1.82) is 0 Å². The molecule has 1 amide bonds. The lowest BCUT2D eigenvalue weighted by atomic mass is 10.2. The first kappa shape index (κ1) is 19.1. The fraction of sp³-hybridized carbons (Fsp3) is 0.158. The third-order valence-electron chi connectivity index (χ3n) is 3.53. The molecule has 1 heterocycles. The van der Waals surface area contributed by atoms with Crippen LogP contribution in [0.15, 0.2) is 52.4 Å². The van der Waals surface area contributed by atoms with Crippen LogP contribution in [0.2, 0.25) is 5.02 Å². The average molecular weight is 405 g/mol. The molecule has 0 bridgehead atoms. The summed E-state index contributed by atoms with van der Waals surface area (Å²) in [4.78, 5) is 15.8. The van der Waals surface area contributed by atoms with Gasteiger partial charge >= 0.3 is 0 Å². The number of benzene rings is 2. The van der Waals surface area contributed by atoms with Gasteiger partial charge in [0.2, 0.25) is 0 Å². The predicted octanol–water partition coefficient (Wildman–Crippen LogP) is 3.74. The minimum absolute atomic E-state index is 0.225. The quantitative estimate of drug-likeness (QED) is 0.559. The summed E-state index contributed by atoms with van der Waals surface area (Å²) >= 11 is 7.45. The second kappa shape index (κ2) is 8.83. The average Bonchev–Trinajstić information content (AvgIpc) is 2.97. The number of methoxy groups -OCH3 is 1. The number of nitrogens with zero attached hydrogens (tertiary/aromatic N) is 1. The Hall–Kier alpha value is -2.64. The molecule has 0 unspecified atom stereocenters. The molecule has 1 aliphatic rings. The van der Waals surface area contributed by atoms with Crippen LogP contribution < -0.4 is 19.9 Å². The molecule has 2 N–H and O–H groups in total. The molecule has 0 saturated carbocycles. The number of nitrogens with two attached hydrogens (primary N) is 1. The standard InChI is InChI=1S/C19H17ClN2O4S/c1-24-15-10-12(11-16-18(23)22-19(21)27-16)9-14(20)17(15)26-8-7-25-13-5-3-2-4-6-13/h2-6,9-11H,7-8H2,1H3,(H2,21,22,23)/b16-11+. The van der Waals surface area contributed by atoms with E-state index in [4.69, 9.17) is 31.5 Å². The van der Waals surface area contributed by atoms with E-state index in [0.29, 0.717) is 40.2 Å². The number of hydrogen-bond donors (Lipinski definition) is 1. The zero-order valence-corrected chi connectivity index (χ0v) is 16.0. The number of amidine groups is 1. The lowest BCUT2D eigenvalue weighted by Gasteiger charge is -2.14. The summed E-state index contributed by atoms with van der Waals surface area (Å²) in [6, 6.07) is 12.9. The Morgan fingerprint density at radius 3 is 2.59 bits per heavy atom. The van der Waals surface area contributed by atoms with Crippen molar-refractivity contribution in [1.82, 2.24) is 0 Å². The lowest BCUT2D eigenvalue weighted by Crippen LogP contribution is -2.10. The predicted molar refractivity (Wildman–Crippen MR) is 108 cm³/mol. The van der Waals surface area contributed by atoms with Crippen LogP contribution in [0.5, 0.6) is 17.2 Å². The van der Waals surface area contributed by atoms with Crippen LogP contribution in [0.3, 0.4) is 0 Å². The molecular weight excluding hydrogens is 388 g/mol. The van der Waals surface area contributed by atoms with Gasteiger partial charge in [-0.25, -0.2) is 0 Å². The third kappa shape index (κ3) is 4.96. The number of aliphatic imine (C=N–C) groups is 1. The molecule has 0 aromatic heterocycles. The van der Waals surface area contributed by atoms with Crippen molar-refractivity contribution < 1.29 is 19.0 Å². The van der Waals surface area contributed by atoms with E-state index < -0.39 is 0 Å². The Morgan fingerprint density at radius 2 is 1.93 bits per heavy atom. The molecule has 0 spiro atoms. The summed E-state index contributed by atoms with van der Waals surface area (Å²) in [5.74, 6) is 1.27. The van der Waals surface area contributed by atoms with Crippen molar-refractivity contribution in [2.45, 2.75) is 0 Å². The van der Waals surface area contributed by atoms with Crippen LogP contribution in [0.25, 0.3) is 6.08 Å². The van der Waals surface area contributed by atoms with E-state index >= 15 is 0 Å². The Bertz CT molecular complexity index is 900. The molecule has 6 nitrogen and oxygen atoms in total. The SMILES string of the molecule is COc1cc(/C=C2/SC(N)=NC2=O)cc(Cl)c1OCCOc1ccccc1. The Morgan fingerprint density at radius 1 is 1.19 bits per heavy atom. The van der Waals surface area contributed by atoms with E-state index in [1.165, 1.54) is 7.11 Å². The van der Waals surface area contributed by atoms with Gasteiger partial charge in [0.15, 0.2) is 16.7 Å². The van der Waals surface area contributed by atoms with Crippen LogP contribution in [-0.4, -0.2) is 31.4 Å². The number of ether oxygens (including phenoxy) is 3. The number of carbonyl (C=O) groups excluding carboxylic acids is 1. The van der Waals surface area contributed by atoms with Crippen LogP contribution in [0.1, 0.15) is 5.56 Å². The molecule has 2 aromatic rings. The van der Waals surface area contributed by atoms with Gasteiger partial charge in [0.05, 0.1) is 17.0 Å². The minimum Gasteiger partial charge on any atom is -0.493 e. The van der Waals surface area contributed by atoms with Gasteiger partial charge in [-0.05, 0) is 47.7 Å². The normalized spacial score (nSPS) is 15.0. The van der Waals surface area contributed by atoms with Gasteiger partial charge in [0.25, 0.3) is 5.91 Å². The van der Waals surface area contributed by atoms with E-state index in [1.54, 1.807) is 18.2 Å². The van der Waals surface area contributed by atoms with Crippen molar-refractivity contribution in [3.8, 4) is 17.2 Å². The first-order chi connectivity index (χ1) is 13.1. The van der Waals surface area contributed by atoms with Crippen LogP contribution in [0, 0.1) is 0 Å².